The van der Waals surface area contributed by atoms with Crippen LogP contribution in [0.5, 0.6) is 0 Å². The van der Waals surface area contributed by atoms with Crippen molar-refractivity contribution in [3.8, 4) is 5.69 Å². The maximum atomic E-state index is 12.7. The number of para-hydroxylation sites is 1. The molecule has 3 aromatic rings. The third-order valence-electron chi connectivity index (χ3n) is 3.43. The first-order chi connectivity index (χ1) is 10.2. The number of pyridine rings is 1. The summed E-state index contributed by atoms with van der Waals surface area (Å²) in [6, 6.07) is 13.3. The lowest BCUT2D eigenvalue weighted by atomic mass is 10.3. The smallest absolute Gasteiger partial charge is 0.267 e. The standard InChI is InChI=1S/C16H16ClN3O/c1-12-8-9-14-15(18-12)19(11-5-10-17)20(16(14)21)13-6-3-2-4-7-13/h2-4,6-9H,5,10-11H2,1H3. The number of alkyl halides is 1. The van der Waals surface area contributed by atoms with Gasteiger partial charge in [0.15, 0.2) is 5.65 Å². The molecule has 2 heterocycles. The van der Waals surface area contributed by atoms with E-state index >= 15 is 0 Å². The maximum absolute atomic E-state index is 12.7. The Morgan fingerprint density at radius 2 is 1.90 bits per heavy atom. The lowest BCUT2D eigenvalue weighted by Gasteiger charge is -2.11. The van der Waals surface area contributed by atoms with Crippen molar-refractivity contribution in [2.45, 2.75) is 19.9 Å². The Labute approximate surface area is 127 Å². The molecule has 3 rings (SSSR count). The van der Waals surface area contributed by atoms with Gasteiger partial charge in [-0.1, -0.05) is 18.2 Å². The number of fused-ring (bicyclic) bond motifs is 1. The Bertz CT molecular complexity index is 821. The number of halogens is 1. The van der Waals surface area contributed by atoms with E-state index < -0.39 is 0 Å². The molecule has 0 radical (unpaired) electrons. The molecule has 0 amide bonds. The van der Waals surface area contributed by atoms with Gasteiger partial charge in [0.25, 0.3) is 5.56 Å². The number of hydrogen-bond donors (Lipinski definition) is 0. The quantitative estimate of drug-likeness (QED) is 0.695. The molecule has 0 fully saturated rings. The number of nitrogens with zero attached hydrogens (tertiary/aromatic N) is 3. The van der Waals surface area contributed by atoms with Crippen LogP contribution in [0.25, 0.3) is 16.7 Å². The SMILES string of the molecule is Cc1ccc2c(=O)n(-c3ccccc3)n(CCCCl)c2n1. The number of rotatable bonds is 4. The zero-order valence-electron chi connectivity index (χ0n) is 11.8. The normalized spacial score (nSPS) is 11.1. The lowest BCUT2D eigenvalue weighted by molar-refractivity contribution is 0.550. The van der Waals surface area contributed by atoms with Gasteiger partial charge in [-0.3, -0.25) is 9.48 Å². The fraction of sp³-hybridized carbons (Fsp3) is 0.250. The van der Waals surface area contributed by atoms with E-state index in [4.69, 9.17) is 11.6 Å². The molecule has 2 aromatic heterocycles. The number of aromatic nitrogens is 3. The van der Waals surface area contributed by atoms with Crippen LogP contribution >= 0.6 is 11.6 Å². The van der Waals surface area contributed by atoms with E-state index in [-0.39, 0.29) is 5.56 Å². The molecule has 0 N–H and O–H groups in total. The van der Waals surface area contributed by atoms with Crippen molar-refractivity contribution >= 4 is 22.6 Å². The van der Waals surface area contributed by atoms with Crippen molar-refractivity contribution in [3.63, 3.8) is 0 Å². The summed E-state index contributed by atoms with van der Waals surface area (Å²) in [6.07, 6.45) is 0.785. The Morgan fingerprint density at radius 1 is 1.14 bits per heavy atom. The Kier molecular flexibility index (Phi) is 3.80. The fourth-order valence-corrected chi connectivity index (χ4v) is 2.59. The first-order valence-electron chi connectivity index (χ1n) is 6.93. The summed E-state index contributed by atoms with van der Waals surface area (Å²) in [5.74, 6) is 0.550. The highest BCUT2D eigenvalue weighted by Gasteiger charge is 2.15. The lowest BCUT2D eigenvalue weighted by Crippen LogP contribution is -2.21. The fourth-order valence-electron chi connectivity index (χ4n) is 2.47. The molecule has 0 saturated heterocycles. The van der Waals surface area contributed by atoms with E-state index in [0.29, 0.717) is 23.5 Å². The second kappa shape index (κ2) is 5.74. The Balaban J connectivity index is 2.31. The minimum atomic E-state index is -0.0433. The molecule has 0 bridgehead atoms. The monoisotopic (exact) mass is 301 g/mol. The van der Waals surface area contributed by atoms with Gasteiger partial charge in [0.1, 0.15) is 0 Å². The second-order valence-electron chi connectivity index (χ2n) is 4.94. The van der Waals surface area contributed by atoms with E-state index in [1.54, 1.807) is 4.68 Å². The molecule has 21 heavy (non-hydrogen) atoms. The summed E-state index contributed by atoms with van der Waals surface area (Å²) in [5, 5.41) is 0.638. The van der Waals surface area contributed by atoms with Crippen LogP contribution in [0, 0.1) is 6.92 Å². The van der Waals surface area contributed by atoms with Crippen LogP contribution < -0.4 is 5.56 Å². The molecule has 0 aliphatic heterocycles. The van der Waals surface area contributed by atoms with Gasteiger partial charge < -0.3 is 0 Å². The van der Waals surface area contributed by atoms with Gasteiger partial charge in [-0.2, -0.15) is 0 Å². The molecule has 0 aliphatic carbocycles. The predicted octanol–water partition coefficient (Wildman–Crippen LogP) is 3.12. The van der Waals surface area contributed by atoms with Crippen LogP contribution in [-0.4, -0.2) is 20.2 Å². The molecule has 5 heteroatoms. The summed E-state index contributed by atoms with van der Waals surface area (Å²) in [5.41, 5.74) is 2.41. The van der Waals surface area contributed by atoms with Crippen molar-refractivity contribution in [2.75, 3.05) is 5.88 Å². The van der Waals surface area contributed by atoms with E-state index in [9.17, 15) is 4.79 Å². The molecular formula is C16H16ClN3O. The average Bonchev–Trinajstić information content (AvgIpc) is 2.78. The van der Waals surface area contributed by atoms with Crippen LogP contribution in [0.3, 0.4) is 0 Å². The highest BCUT2D eigenvalue weighted by molar-refractivity contribution is 6.17. The molecule has 1 aromatic carbocycles. The van der Waals surface area contributed by atoms with E-state index in [2.05, 4.69) is 4.98 Å². The van der Waals surface area contributed by atoms with Gasteiger partial charge in [0.2, 0.25) is 0 Å². The van der Waals surface area contributed by atoms with Crippen LogP contribution in [0.15, 0.2) is 47.3 Å². The molecular weight excluding hydrogens is 286 g/mol. The summed E-state index contributed by atoms with van der Waals surface area (Å²) in [6.45, 7) is 2.59. The summed E-state index contributed by atoms with van der Waals surface area (Å²) >= 11 is 5.82. The largest absolute Gasteiger partial charge is 0.280 e. The highest BCUT2D eigenvalue weighted by Crippen LogP contribution is 2.15. The van der Waals surface area contributed by atoms with Crippen molar-refractivity contribution < 1.29 is 0 Å². The number of benzene rings is 1. The molecule has 108 valence electrons. The van der Waals surface area contributed by atoms with Gasteiger partial charge >= 0.3 is 0 Å². The van der Waals surface area contributed by atoms with Gasteiger partial charge in [-0.25, -0.2) is 9.67 Å². The summed E-state index contributed by atoms with van der Waals surface area (Å²) in [4.78, 5) is 17.2. The van der Waals surface area contributed by atoms with Crippen LogP contribution in [0.4, 0.5) is 0 Å². The minimum Gasteiger partial charge on any atom is -0.267 e. The van der Waals surface area contributed by atoms with Gasteiger partial charge in [-0.05, 0) is 37.6 Å². The molecule has 0 unspecified atom stereocenters. The Hall–Kier alpha value is -2.07. The van der Waals surface area contributed by atoms with E-state index in [1.165, 1.54) is 0 Å². The topological polar surface area (TPSA) is 39.8 Å². The summed E-state index contributed by atoms with van der Waals surface area (Å²) < 4.78 is 3.60. The first-order valence-corrected chi connectivity index (χ1v) is 7.46. The predicted molar refractivity (Wildman–Crippen MR) is 85.4 cm³/mol. The zero-order valence-corrected chi connectivity index (χ0v) is 12.5. The van der Waals surface area contributed by atoms with Gasteiger partial charge in [0.05, 0.1) is 11.1 Å². The number of aryl methyl sites for hydroxylation is 2. The van der Waals surface area contributed by atoms with E-state index in [0.717, 1.165) is 17.8 Å². The number of hydrogen-bond acceptors (Lipinski definition) is 2. The highest BCUT2D eigenvalue weighted by atomic mass is 35.5. The van der Waals surface area contributed by atoms with Gasteiger partial charge in [0, 0.05) is 18.1 Å². The van der Waals surface area contributed by atoms with Crippen LogP contribution in [0.2, 0.25) is 0 Å². The van der Waals surface area contributed by atoms with Crippen molar-refractivity contribution in [2.24, 2.45) is 0 Å². The maximum Gasteiger partial charge on any atom is 0.280 e. The van der Waals surface area contributed by atoms with E-state index in [1.807, 2.05) is 54.1 Å². The van der Waals surface area contributed by atoms with Crippen LogP contribution in [-0.2, 0) is 6.54 Å². The van der Waals surface area contributed by atoms with Crippen molar-refractivity contribution in [1.82, 2.24) is 14.3 Å². The van der Waals surface area contributed by atoms with Crippen LogP contribution in [0.1, 0.15) is 12.1 Å². The van der Waals surface area contributed by atoms with Crippen molar-refractivity contribution in [3.05, 3.63) is 58.5 Å². The Morgan fingerprint density at radius 3 is 2.62 bits per heavy atom. The van der Waals surface area contributed by atoms with Crippen molar-refractivity contribution in [1.29, 1.82) is 0 Å². The molecule has 4 nitrogen and oxygen atoms in total. The zero-order chi connectivity index (χ0) is 14.8. The molecule has 0 saturated carbocycles. The summed E-state index contributed by atoms with van der Waals surface area (Å²) in [7, 11) is 0. The third-order valence-corrected chi connectivity index (χ3v) is 3.69. The van der Waals surface area contributed by atoms with Gasteiger partial charge in [-0.15, -0.1) is 11.6 Å². The second-order valence-corrected chi connectivity index (χ2v) is 5.32. The third kappa shape index (κ3) is 2.47. The molecule has 0 aliphatic rings. The molecule has 0 spiro atoms. The molecule has 0 atom stereocenters. The first kappa shape index (κ1) is 13.9. The minimum absolute atomic E-state index is 0.0433. The average molecular weight is 302 g/mol.